The normalized spacial score (nSPS) is 12.4. The van der Waals surface area contributed by atoms with Crippen molar-refractivity contribution in [2.24, 2.45) is 7.05 Å². The van der Waals surface area contributed by atoms with Crippen LogP contribution in [0.2, 0.25) is 0 Å². The molecule has 0 amide bonds. The molecule has 106 valence electrons. The van der Waals surface area contributed by atoms with Crippen molar-refractivity contribution in [1.82, 2.24) is 14.8 Å². The number of nitrogens with one attached hydrogen (secondary N) is 1. The highest BCUT2D eigenvalue weighted by atomic mass is 32.2. The Balaban J connectivity index is 2.20. The van der Waals surface area contributed by atoms with E-state index in [1.54, 1.807) is 6.92 Å². The number of aromatic nitrogens is 3. The number of carbonyl (C=O) groups is 1. The van der Waals surface area contributed by atoms with Crippen molar-refractivity contribution in [2.75, 3.05) is 0 Å². The van der Waals surface area contributed by atoms with Crippen LogP contribution >= 0.6 is 11.8 Å². The molecule has 1 unspecified atom stereocenters. The fraction of sp³-hybridized carbons (Fsp3) is 0.250. The molecule has 5 nitrogen and oxygen atoms in total. The van der Waals surface area contributed by atoms with E-state index >= 15 is 0 Å². The summed E-state index contributed by atoms with van der Waals surface area (Å²) in [6.07, 6.45) is 0. The quantitative estimate of drug-likeness (QED) is 0.690. The van der Waals surface area contributed by atoms with Gasteiger partial charge in [0.15, 0.2) is 10.9 Å². The van der Waals surface area contributed by atoms with Gasteiger partial charge in [0.1, 0.15) is 11.6 Å². The van der Waals surface area contributed by atoms with Gasteiger partial charge in [-0.15, -0.1) is 5.10 Å². The van der Waals surface area contributed by atoms with Crippen LogP contribution in [0.25, 0.3) is 0 Å². The van der Waals surface area contributed by atoms with Crippen molar-refractivity contribution in [3.05, 3.63) is 45.9 Å². The molecule has 0 aliphatic heterocycles. The molecule has 0 bridgehead atoms. The highest BCUT2D eigenvalue weighted by molar-refractivity contribution is 8.00. The van der Waals surface area contributed by atoms with Crippen LogP contribution in [0.15, 0.2) is 28.2 Å². The Bertz CT molecular complexity index is 711. The Morgan fingerprint density at radius 2 is 2.15 bits per heavy atom. The third-order valence-corrected chi connectivity index (χ3v) is 3.83. The fourth-order valence-corrected chi connectivity index (χ4v) is 2.45. The molecule has 0 radical (unpaired) electrons. The standard InChI is InChI=1S/C12H11F2N3O2S/c1-6(20-12-16-15-11(19)17(12)2)10(18)8-4-3-7(13)5-9(8)14/h3-6H,1-2H3,(H,15,19). The third kappa shape index (κ3) is 2.79. The van der Waals surface area contributed by atoms with E-state index in [4.69, 9.17) is 0 Å². The van der Waals surface area contributed by atoms with Gasteiger partial charge in [0.25, 0.3) is 0 Å². The first-order valence-corrected chi connectivity index (χ1v) is 6.55. The maximum absolute atomic E-state index is 13.5. The summed E-state index contributed by atoms with van der Waals surface area (Å²) in [6.45, 7) is 1.56. The molecule has 0 saturated carbocycles. The van der Waals surface area contributed by atoms with E-state index in [0.29, 0.717) is 11.2 Å². The van der Waals surface area contributed by atoms with Gasteiger partial charge in [-0.25, -0.2) is 18.7 Å². The van der Waals surface area contributed by atoms with Crippen LogP contribution in [0, 0.1) is 11.6 Å². The zero-order valence-electron chi connectivity index (χ0n) is 10.7. The highest BCUT2D eigenvalue weighted by Gasteiger charge is 2.22. The van der Waals surface area contributed by atoms with Gasteiger partial charge in [-0.1, -0.05) is 11.8 Å². The van der Waals surface area contributed by atoms with Crippen LogP contribution in [0.4, 0.5) is 8.78 Å². The van der Waals surface area contributed by atoms with E-state index in [-0.39, 0.29) is 5.56 Å². The molecule has 0 aliphatic rings. The van der Waals surface area contributed by atoms with Gasteiger partial charge < -0.3 is 0 Å². The SMILES string of the molecule is CC(Sc1n[nH]c(=O)n1C)C(=O)c1ccc(F)cc1F. The van der Waals surface area contributed by atoms with Gasteiger partial charge in [0, 0.05) is 13.1 Å². The Morgan fingerprint density at radius 1 is 1.45 bits per heavy atom. The molecule has 0 spiro atoms. The lowest BCUT2D eigenvalue weighted by Crippen LogP contribution is -2.17. The van der Waals surface area contributed by atoms with Crippen LogP contribution in [-0.2, 0) is 7.05 Å². The second-order valence-electron chi connectivity index (χ2n) is 4.12. The van der Waals surface area contributed by atoms with Crippen molar-refractivity contribution >= 4 is 17.5 Å². The summed E-state index contributed by atoms with van der Waals surface area (Å²) in [5, 5.41) is 5.65. The minimum absolute atomic E-state index is 0.188. The minimum atomic E-state index is -0.904. The van der Waals surface area contributed by atoms with Gasteiger partial charge in [-0.3, -0.25) is 9.36 Å². The number of aromatic amines is 1. The number of Topliss-reactive ketones (excluding diaryl/α,β-unsaturated/α-hetero) is 1. The van der Waals surface area contributed by atoms with Crippen LogP contribution in [0.1, 0.15) is 17.3 Å². The highest BCUT2D eigenvalue weighted by Crippen LogP contribution is 2.23. The predicted molar refractivity (Wildman–Crippen MR) is 69.8 cm³/mol. The summed E-state index contributed by atoms with van der Waals surface area (Å²) >= 11 is 1.02. The van der Waals surface area contributed by atoms with Gasteiger partial charge in [0.05, 0.1) is 10.8 Å². The molecule has 2 rings (SSSR count). The van der Waals surface area contributed by atoms with Crippen molar-refractivity contribution in [3.8, 4) is 0 Å². The molecule has 0 saturated heterocycles. The Hall–Kier alpha value is -1.96. The third-order valence-electron chi connectivity index (χ3n) is 2.69. The molecule has 1 N–H and O–H groups in total. The molecule has 2 aromatic rings. The van der Waals surface area contributed by atoms with E-state index in [1.165, 1.54) is 11.6 Å². The van der Waals surface area contributed by atoms with Gasteiger partial charge in [0.2, 0.25) is 0 Å². The van der Waals surface area contributed by atoms with E-state index in [2.05, 4.69) is 10.2 Å². The van der Waals surface area contributed by atoms with Gasteiger partial charge in [-0.2, -0.15) is 0 Å². The summed E-state index contributed by atoms with van der Waals surface area (Å²) in [4.78, 5) is 23.3. The minimum Gasteiger partial charge on any atom is -0.293 e. The van der Waals surface area contributed by atoms with E-state index in [9.17, 15) is 18.4 Å². The number of hydrogen-bond acceptors (Lipinski definition) is 4. The molecule has 1 aromatic heterocycles. The molecule has 8 heteroatoms. The lowest BCUT2D eigenvalue weighted by molar-refractivity contribution is 0.0990. The smallest absolute Gasteiger partial charge is 0.293 e. The van der Waals surface area contributed by atoms with Crippen LogP contribution in [0.3, 0.4) is 0 Å². The Kier molecular flexibility index (Phi) is 4.03. The van der Waals surface area contributed by atoms with E-state index < -0.39 is 28.4 Å². The number of ketones is 1. The molecule has 0 fully saturated rings. The summed E-state index contributed by atoms with van der Waals surface area (Å²) in [5.41, 5.74) is -0.591. The molecule has 1 atom stereocenters. The summed E-state index contributed by atoms with van der Waals surface area (Å²) in [6, 6.07) is 2.79. The molecule has 20 heavy (non-hydrogen) atoms. The van der Waals surface area contributed by atoms with Crippen molar-refractivity contribution < 1.29 is 13.6 Å². The first-order valence-electron chi connectivity index (χ1n) is 5.67. The number of halogens is 2. The largest absolute Gasteiger partial charge is 0.343 e. The molecule has 1 heterocycles. The Morgan fingerprint density at radius 3 is 2.70 bits per heavy atom. The number of carbonyl (C=O) groups excluding carboxylic acids is 1. The van der Waals surface area contributed by atoms with Crippen molar-refractivity contribution in [1.29, 1.82) is 0 Å². The first kappa shape index (κ1) is 14.4. The number of rotatable bonds is 4. The summed E-state index contributed by atoms with van der Waals surface area (Å²) in [7, 11) is 1.50. The zero-order valence-corrected chi connectivity index (χ0v) is 11.5. The zero-order chi connectivity index (χ0) is 14.9. The lowest BCUT2D eigenvalue weighted by Gasteiger charge is -2.09. The average molecular weight is 299 g/mol. The first-order chi connectivity index (χ1) is 9.40. The summed E-state index contributed by atoms with van der Waals surface area (Å²) < 4.78 is 27.6. The molecular formula is C12H11F2N3O2S. The maximum Gasteiger partial charge on any atom is 0.343 e. The van der Waals surface area contributed by atoms with Crippen molar-refractivity contribution in [2.45, 2.75) is 17.3 Å². The predicted octanol–water partition coefficient (Wildman–Crippen LogP) is 1.75. The maximum atomic E-state index is 13.5. The molecular weight excluding hydrogens is 288 g/mol. The van der Waals surface area contributed by atoms with Crippen molar-refractivity contribution in [3.63, 3.8) is 0 Å². The number of hydrogen-bond donors (Lipinski definition) is 1. The van der Waals surface area contributed by atoms with Gasteiger partial charge >= 0.3 is 5.69 Å². The number of nitrogens with zero attached hydrogens (tertiary/aromatic N) is 2. The van der Waals surface area contributed by atoms with Crippen LogP contribution < -0.4 is 5.69 Å². The van der Waals surface area contributed by atoms with Gasteiger partial charge in [-0.05, 0) is 19.1 Å². The van der Waals surface area contributed by atoms with Crippen LogP contribution in [-0.4, -0.2) is 25.8 Å². The summed E-state index contributed by atoms with van der Waals surface area (Å²) in [5.74, 6) is -2.14. The molecule has 0 aliphatic carbocycles. The number of H-pyrrole nitrogens is 1. The van der Waals surface area contributed by atoms with E-state index in [1.807, 2.05) is 0 Å². The Labute approximate surface area is 117 Å². The van der Waals surface area contributed by atoms with Crippen LogP contribution in [0.5, 0.6) is 0 Å². The monoisotopic (exact) mass is 299 g/mol. The molecule has 1 aromatic carbocycles. The number of thioether (sulfide) groups is 1. The second kappa shape index (κ2) is 5.58. The second-order valence-corrected chi connectivity index (χ2v) is 5.43. The average Bonchev–Trinajstić information content (AvgIpc) is 2.70. The number of benzene rings is 1. The fourth-order valence-electron chi connectivity index (χ4n) is 1.56. The van der Waals surface area contributed by atoms with E-state index in [0.717, 1.165) is 23.9 Å². The topological polar surface area (TPSA) is 67.8 Å². The lowest BCUT2D eigenvalue weighted by atomic mass is 10.1.